The van der Waals surface area contributed by atoms with Crippen molar-refractivity contribution in [3.8, 4) is 17.4 Å². The molecule has 12 heteroatoms. The average Bonchev–Trinajstić information content (AvgIpc) is 2.95. The molecule has 1 aromatic carbocycles. The predicted octanol–water partition coefficient (Wildman–Crippen LogP) is 2.94. The summed E-state index contributed by atoms with van der Waals surface area (Å²) >= 11 is 2.80. The second-order valence-corrected chi connectivity index (χ2v) is 9.13. The number of carbonyl (C=O) groups is 2. The Kier molecular flexibility index (Phi) is 6.91. The lowest BCUT2D eigenvalue weighted by Gasteiger charge is -2.12. The second-order valence-electron chi connectivity index (χ2n) is 6.01. The molecule has 1 aromatic heterocycles. The first kappa shape index (κ1) is 22.4. The van der Waals surface area contributed by atoms with Gasteiger partial charge in [-0.2, -0.15) is 4.98 Å². The molecule has 9 nitrogen and oxygen atoms in total. The van der Waals surface area contributed by atoms with E-state index < -0.39 is 17.1 Å². The number of aromatic hydroxyl groups is 1. The van der Waals surface area contributed by atoms with Crippen LogP contribution in [0.4, 0.5) is 4.79 Å². The number of imide groups is 1. The molecule has 0 radical (unpaired) electrons. The number of amides is 2. The standard InChI is InChI=1S/C18H16BrN3O6S2/c1-22-16(24)14(29-18(22)25)5-9-4-13(12(23)6-11(9)19)28-8-10-7-20-17(30(3)26)21-15(10)27-2/h4-7,23H,8H2,1-3H3/b14-5-. The highest BCUT2D eigenvalue weighted by Gasteiger charge is 2.32. The summed E-state index contributed by atoms with van der Waals surface area (Å²) in [5, 5.41) is 9.99. The highest BCUT2D eigenvalue weighted by molar-refractivity contribution is 9.10. The van der Waals surface area contributed by atoms with E-state index in [1.54, 1.807) is 6.08 Å². The molecule has 2 amide bonds. The minimum absolute atomic E-state index is 0.0279. The maximum atomic E-state index is 12.1. The highest BCUT2D eigenvalue weighted by atomic mass is 79.9. The Morgan fingerprint density at radius 2 is 2.13 bits per heavy atom. The van der Waals surface area contributed by atoms with Crippen LogP contribution in [0, 0.1) is 0 Å². The van der Waals surface area contributed by atoms with Gasteiger partial charge in [0.1, 0.15) is 12.9 Å². The van der Waals surface area contributed by atoms with E-state index in [0.29, 0.717) is 15.6 Å². The zero-order valence-electron chi connectivity index (χ0n) is 16.0. The minimum atomic E-state index is -1.36. The third-order valence-electron chi connectivity index (χ3n) is 3.99. The van der Waals surface area contributed by atoms with Gasteiger partial charge in [0.25, 0.3) is 11.1 Å². The number of phenols is 1. The molecule has 1 saturated heterocycles. The van der Waals surface area contributed by atoms with Crippen LogP contribution >= 0.6 is 27.7 Å². The first-order valence-corrected chi connectivity index (χ1v) is 11.5. The van der Waals surface area contributed by atoms with E-state index >= 15 is 0 Å². The van der Waals surface area contributed by atoms with Crippen molar-refractivity contribution >= 4 is 56.1 Å². The van der Waals surface area contributed by atoms with Gasteiger partial charge in [0.2, 0.25) is 5.88 Å². The first-order valence-electron chi connectivity index (χ1n) is 8.31. The van der Waals surface area contributed by atoms with Crippen LogP contribution in [-0.4, -0.2) is 56.1 Å². The van der Waals surface area contributed by atoms with Crippen LogP contribution in [0.15, 0.2) is 32.9 Å². The molecule has 2 aromatic rings. The summed E-state index contributed by atoms with van der Waals surface area (Å²) in [5.41, 5.74) is 1.03. The number of nitrogens with zero attached hydrogens (tertiary/aromatic N) is 3. The molecule has 1 fully saturated rings. The number of rotatable bonds is 6. The van der Waals surface area contributed by atoms with E-state index in [4.69, 9.17) is 9.47 Å². The Balaban J connectivity index is 1.85. The van der Waals surface area contributed by atoms with E-state index in [9.17, 15) is 19.2 Å². The lowest BCUT2D eigenvalue weighted by atomic mass is 10.2. The van der Waals surface area contributed by atoms with Gasteiger partial charge < -0.3 is 19.1 Å². The zero-order chi connectivity index (χ0) is 22.0. The topological polar surface area (TPSA) is 125 Å². The van der Waals surface area contributed by atoms with E-state index in [2.05, 4.69) is 25.9 Å². The molecule has 0 aliphatic carbocycles. The molecule has 1 aliphatic heterocycles. The number of aromatic nitrogens is 2. The number of hydrogen-bond acceptors (Lipinski definition) is 9. The maximum Gasteiger partial charge on any atom is 0.345 e. The van der Waals surface area contributed by atoms with E-state index in [1.807, 2.05) is 0 Å². The Bertz CT molecular complexity index is 1050. The van der Waals surface area contributed by atoms with Gasteiger partial charge in [-0.1, -0.05) is 15.9 Å². The molecule has 0 spiro atoms. The van der Waals surface area contributed by atoms with Gasteiger partial charge in [0.05, 0.1) is 17.6 Å². The first-order chi connectivity index (χ1) is 14.2. The lowest BCUT2D eigenvalue weighted by Crippen LogP contribution is -2.22. The smallest absolute Gasteiger partial charge is 0.345 e. The summed E-state index contributed by atoms with van der Waals surface area (Å²) in [7, 11) is 2.83. The van der Waals surface area contributed by atoms with Crippen molar-refractivity contribution in [2.45, 2.75) is 11.8 Å². The van der Waals surface area contributed by atoms with Crippen LogP contribution in [0.1, 0.15) is 11.1 Å². The van der Waals surface area contributed by atoms with Crippen molar-refractivity contribution < 1.29 is 28.7 Å². The molecule has 1 atom stereocenters. The number of hydrogen-bond donors (Lipinski definition) is 1. The Morgan fingerprint density at radius 1 is 1.40 bits per heavy atom. The largest absolute Gasteiger partial charge is 0.609 e. The zero-order valence-corrected chi connectivity index (χ0v) is 19.3. The van der Waals surface area contributed by atoms with Crippen molar-refractivity contribution in [3.63, 3.8) is 0 Å². The number of thioether (sulfide) groups is 1. The maximum absolute atomic E-state index is 12.1. The Hall–Kier alpha value is -2.28. The van der Waals surface area contributed by atoms with Gasteiger partial charge >= 0.3 is 5.16 Å². The number of likely N-dealkylation sites (N-methyl/N-ethyl adjacent to an activating group) is 1. The molecular formula is C18H16BrN3O6S2. The van der Waals surface area contributed by atoms with Crippen LogP contribution in [-0.2, 0) is 22.6 Å². The van der Waals surface area contributed by atoms with Crippen LogP contribution < -0.4 is 9.47 Å². The summed E-state index contributed by atoms with van der Waals surface area (Å²) in [6, 6.07) is 2.96. The van der Waals surface area contributed by atoms with Gasteiger partial charge in [0, 0.05) is 28.9 Å². The fourth-order valence-corrected chi connectivity index (χ4v) is 4.09. The van der Waals surface area contributed by atoms with Crippen LogP contribution in [0.2, 0.25) is 0 Å². The number of ether oxygens (including phenoxy) is 2. The predicted molar refractivity (Wildman–Crippen MR) is 115 cm³/mol. The van der Waals surface area contributed by atoms with Crippen molar-refractivity contribution in [1.29, 1.82) is 0 Å². The third-order valence-corrected chi connectivity index (χ3v) is 6.35. The fourth-order valence-electron chi connectivity index (χ4n) is 2.42. The number of benzene rings is 1. The quantitative estimate of drug-likeness (QED) is 0.352. The molecule has 0 saturated carbocycles. The number of carbonyl (C=O) groups excluding carboxylic acids is 2. The minimum Gasteiger partial charge on any atom is -0.609 e. The molecule has 30 heavy (non-hydrogen) atoms. The summed E-state index contributed by atoms with van der Waals surface area (Å²) < 4.78 is 22.9. The SMILES string of the molecule is COc1nc([S+](C)[O-])ncc1COc1cc(/C=C2\SC(=O)N(C)C2=O)c(Br)cc1O. The number of methoxy groups -OCH3 is 1. The number of phenolic OH excluding ortho intramolecular Hbond substituents is 1. The van der Waals surface area contributed by atoms with Crippen LogP contribution in [0.5, 0.6) is 17.4 Å². The van der Waals surface area contributed by atoms with Gasteiger partial charge in [0.15, 0.2) is 11.5 Å². The molecule has 1 N–H and O–H groups in total. The Morgan fingerprint density at radius 3 is 2.73 bits per heavy atom. The van der Waals surface area contributed by atoms with Gasteiger partial charge in [-0.25, -0.2) is 0 Å². The van der Waals surface area contributed by atoms with E-state index in [1.165, 1.54) is 38.7 Å². The van der Waals surface area contributed by atoms with E-state index in [0.717, 1.165) is 16.7 Å². The van der Waals surface area contributed by atoms with Crippen molar-refractivity contribution in [1.82, 2.24) is 14.9 Å². The molecule has 2 heterocycles. The number of halogens is 1. The summed E-state index contributed by atoms with van der Waals surface area (Å²) in [6.07, 6.45) is 4.44. The molecule has 158 valence electrons. The van der Waals surface area contributed by atoms with Crippen molar-refractivity contribution in [2.24, 2.45) is 0 Å². The fraction of sp³-hybridized carbons (Fsp3) is 0.222. The van der Waals surface area contributed by atoms with Crippen molar-refractivity contribution in [2.75, 3.05) is 20.4 Å². The van der Waals surface area contributed by atoms with E-state index in [-0.39, 0.29) is 39.3 Å². The van der Waals surface area contributed by atoms with Crippen molar-refractivity contribution in [3.05, 3.63) is 38.8 Å². The normalized spacial score (nSPS) is 16.3. The summed E-state index contributed by atoms with van der Waals surface area (Å²) in [4.78, 5) is 33.2. The Labute approximate surface area is 187 Å². The molecule has 3 rings (SSSR count). The summed E-state index contributed by atoms with van der Waals surface area (Å²) in [6.45, 7) is -0.0279. The van der Waals surface area contributed by atoms with Crippen LogP contribution in [0.3, 0.4) is 0 Å². The average molecular weight is 514 g/mol. The third kappa shape index (κ3) is 4.72. The lowest BCUT2D eigenvalue weighted by molar-refractivity contribution is -0.121. The molecular weight excluding hydrogens is 498 g/mol. The van der Waals surface area contributed by atoms with Crippen LogP contribution in [0.25, 0.3) is 6.08 Å². The summed E-state index contributed by atoms with van der Waals surface area (Å²) in [5.74, 6) is -0.175. The molecule has 1 aliphatic rings. The molecule has 1 unspecified atom stereocenters. The van der Waals surface area contributed by atoms with Gasteiger partial charge in [-0.3, -0.25) is 14.5 Å². The monoisotopic (exact) mass is 513 g/mol. The molecule has 0 bridgehead atoms. The highest BCUT2D eigenvalue weighted by Crippen LogP contribution is 2.37. The second kappa shape index (κ2) is 9.25. The van der Waals surface area contributed by atoms with Gasteiger partial charge in [-0.05, 0) is 35.5 Å². The van der Waals surface area contributed by atoms with Gasteiger partial charge in [-0.15, -0.1) is 4.98 Å².